The highest BCUT2D eigenvalue weighted by Gasteiger charge is 2.14. The van der Waals surface area contributed by atoms with Gasteiger partial charge in [0.1, 0.15) is 0 Å². The number of pyridine rings is 4. The molecule has 61 heavy (non-hydrogen) atoms. The van der Waals surface area contributed by atoms with Crippen LogP contribution in [0.25, 0.3) is 101 Å². The maximum atomic E-state index is 4.64. The number of aryl methyl sites for hydroxylation is 1. The van der Waals surface area contributed by atoms with Crippen LogP contribution in [-0.4, -0.2) is 19.9 Å². The monoisotopic (exact) mass is 780 g/mol. The van der Waals surface area contributed by atoms with E-state index in [2.05, 4.69) is 160 Å². The Morgan fingerprint density at radius 2 is 0.508 bits per heavy atom. The van der Waals surface area contributed by atoms with Crippen LogP contribution in [0.1, 0.15) is 5.56 Å². The van der Waals surface area contributed by atoms with Crippen molar-refractivity contribution in [3.63, 3.8) is 0 Å². The molecule has 4 aromatic heterocycles. The zero-order chi connectivity index (χ0) is 41.0. The molecule has 4 nitrogen and oxygen atoms in total. The molecule has 0 fully saturated rings. The van der Waals surface area contributed by atoms with E-state index in [0.717, 1.165) is 101 Å². The third kappa shape index (κ3) is 8.03. The first-order valence-electron chi connectivity index (χ1n) is 20.5. The molecule has 0 atom stereocenters. The Kier molecular flexibility index (Phi) is 10.2. The highest BCUT2D eigenvalue weighted by Crippen LogP contribution is 2.39. The van der Waals surface area contributed by atoms with Gasteiger partial charge in [-0.25, -0.2) is 0 Å². The molecule has 0 amide bonds. The van der Waals surface area contributed by atoms with Gasteiger partial charge in [-0.1, -0.05) is 115 Å². The van der Waals surface area contributed by atoms with Gasteiger partial charge in [0.15, 0.2) is 0 Å². The highest BCUT2D eigenvalue weighted by molar-refractivity contribution is 5.87. The van der Waals surface area contributed by atoms with Gasteiger partial charge in [-0.05, 0) is 153 Å². The average Bonchev–Trinajstić information content (AvgIpc) is 3.35. The smallest absolute Gasteiger partial charge is 0.0704 e. The van der Waals surface area contributed by atoms with E-state index in [1.165, 1.54) is 5.56 Å². The molecule has 4 heterocycles. The summed E-state index contributed by atoms with van der Waals surface area (Å²) in [6.07, 6.45) is 7.37. The second-order valence-electron chi connectivity index (χ2n) is 15.2. The lowest BCUT2D eigenvalue weighted by Gasteiger charge is -2.16. The van der Waals surface area contributed by atoms with Crippen molar-refractivity contribution in [1.29, 1.82) is 0 Å². The summed E-state index contributed by atoms with van der Waals surface area (Å²) in [4.78, 5) is 18.4. The molecule has 0 saturated heterocycles. The summed E-state index contributed by atoms with van der Waals surface area (Å²) in [7, 11) is 0. The van der Waals surface area contributed by atoms with E-state index < -0.39 is 0 Å². The lowest BCUT2D eigenvalue weighted by atomic mass is 9.89. The van der Waals surface area contributed by atoms with Gasteiger partial charge in [-0.2, -0.15) is 0 Å². The second-order valence-corrected chi connectivity index (χ2v) is 15.2. The van der Waals surface area contributed by atoms with Crippen LogP contribution in [0.3, 0.4) is 0 Å². The van der Waals surface area contributed by atoms with Crippen LogP contribution in [0.2, 0.25) is 0 Å². The van der Waals surface area contributed by atoms with Gasteiger partial charge in [0.25, 0.3) is 0 Å². The minimum absolute atomic E-state index is 0.956. The molecule has 6 aromatic carbocycles. The molecular weight excluding hydrogens is 741 g/mol. The van der Waals surface area contributed by atoms with Crippen molar-refractivity contribution in [2.45, 2.75) is 6.92 Å². The summed E-state index contributed by atoms with van der Waals surface area (Å²) in [5.41, 5.74) is 20.8. The van der Waals surface area contributed by atoms with Crippen molar-refractivity contribution in [1.82, 2.24) is 19.9 Å². The number of rotatable bonds is 9. The van der Waals surface area contributed by atoms with Crippen molar-refractivity contribution < 1.29 is 0 Å². The maximum absolute atomic E-state index is 4.64. The number of aromatic nitrogens is 4. The first kappa shape index (κ1) is 37.2. The Labute approximate surface area is 356 Å². The van der Waals surface area contributed by atoms with E-state index in [9.17, 15) is 0 Å². The summed E-state index contributed by atoms with van der Waals surface area (Å²) in [6.45, 7) is 2.17. The Morgan fingerprint density at radius 3 is 0.820 bits per heavy atom. The Bertz CT molecular complexity index is 2970. The Morgan fingerprint density at radius 1 is 0.230 bits per heavy atom. The molecule has 0 aliphatic heterocycles. The fraction of sp³-hybridized carbons (Fsp3) is 0.0175. The highest BCUT2D eigenvalue weighted by atomic mass is 14.7. The largest absolute Gasteiger partial charge is 0.256 e. The first-order chi connectivity index (χ1) is 30.1. The van der Waals surface area contributed by atoms with Gasteiger partial charge in [-0.3, -0.25) is 19.9 Å². The predicted molar refractivity (Wildman–Crippen MR) is 251 cm³/mol. The van der Waals surface area contributed by atoms with E-state index in [4.69, 9.17) is 0 Å². The second kappa shape index (κ2) is 16.6. The van der Waals surface area contributed by atoms with Gasteiger partial charge < -0.3 is 0 Å². The molecule has 0 N–H and O–H groups in total. The lowest BCUT2D eigenvalue weighted by Crippen LogP contribution is -1.91. The van der Waals surface area contributed by atoms with Gasteiger partial charge in [0.2, 0.25) is 0 Å². The van der Waals surface area contributed by atoms with Gasteiger partial charge >= 0.3 is 0 Å². The summed E-state index contributed by atoms with van der Waals surface area (Å²) in [5, 5.41) is 0. The molecule has 10 aromatic rings. The van der Waals surface area contributed by atoms with Crippen LogP contribution >= 0.6 is 0 Å². The van der Waals surface area contributed by atoms with Crippen molar-refractivity contribution >= 4 is 0 Å². The normalized spacial score (nSPS) is 11.0. The van der Waals surface area contributed by atoms with Crippen LogP contribution < -0.4 is 0 Å². The first-order valence-corrected chi connectivity index (χ1v) is 20.5. The molecule has 0 bridgehead atoms. The fourth-order valence-electron chi connectivity index (χ4n) is 8.01. The number of nitrogens with zero attached hydrogens (tertiary/aromatic N) is 4. The Hall–Kier alpha value is -8.08. The molecule has 0 unspecified atom stereocenters. The fourth-order valence-corrected chi connectivity index (χ4v) is 8.01. The van der Waals surface area contributed by atoms with Gasteiger partial charge in [0.05, 0.1) is 22.8 Å². The van der Waals surface area contributed by atoms with E-state index >= 15 is 0 Å². The quantitative estimate of drug-likeness (QED) is 0.146. The van der Waals surface area contributed by atoms with E-state index in [1.54, 1.807) is 0 Å². The zero-order valence-electron chi connectivity index (χ0n) is 33.7. The molecule has 4 heteroatoms. The van der Waals surface area contributed by atoms with Crippen LogP contribution in [0.5, 0.6) is 0 Å². The molecule has 0 saturated carbocycles. The van der Waals surface area contributed by atoms with Crippen molar-refractivity contribution in [2.75, 3.05) is 0 Å². The van der Waals surface area contributed by atoms with Crippen molar-refractivity contribution in [3.05, 3.63) is 231 Å². The number of hydrogen-bond donors (Lipinski definition) is 0. The molecule has 288 valence electrons. The van der Waals surface area contributed by atoms with Crippen LogP contribution in [0, 0.1) is 6.92 Å². The zero-order valence-corrected chi connectivity index (χ0v) is 33.7. The van der Waals surface area contributed by atoms with Gasteiger partial charge in [0, 0.05) is 47.0 Å². The van der Waals surface area contributed by atoms with Crippen LogP contribution in [-0.2, 0) is 0 Å². The lowest BCUT2D eigenvalue weighted by molar-refractivity contribution is 1.31. The van der Waals surface area contributed by atoms with Crippen LogP contribution in [0.4, 0.5) is 0 Å². The van der Waals surface area contributed by atoms with Gasteiger partial charge in [-0.15, -0.1) is 0 Å². The Balaban J connectivity index is 1.12. The standard InChI is InChI=1S/C57H40N4/c1-39-32-46(26-27-53(39)57-13-5-9-31-61-57)50-34-49(42-18-24-45(25-19-42)56-12-4-8-30-60-56)37-52(38-50)51-35-47(40-14-20-43(21-15-40)54-10-2-6-28-58-54)33-48(36-51)41-16-22-44(23-17-41)55-11-3-7-29-59-55/h2-38H,1H3. The molecular formula is C57H40N4. The third-order valence-electron chi connectivity index (χ3n) is 11.2. The van der Waals surface area contributed by atoms with Crippen molar-refractivity contribution in [3.8, 4) is 101 Å². The minimum Gasteiger partial charge on any atom is -0.256 e. The summed E-state index contributed by atoms with van der Waals surface area (Å²) < 4.78 is 0. The predicted octanol–water partition coefficient (Wildman–Crippen LogP) is 14.6. The van der Waals surface area contributed by atoms with E-state index in [0.29, 0.717) is 0 Å². The summed E-state index contributed by atoms with van der Waals surface area (Å²) in [6, 6.07) is 70.9. The molecule has 0 aliphatic rings. The molecule has 10 rings (SSSR count). The van der Waals surface area contributed by atoms with Crippen molar-refractivity contribution in [2.24, 2.45) is 0 Å². The molecule has 0 aliphatic carbocycles. The SMILES string of the molecule is Cc1cc(-c2cc(-c3ccc(-c4ccccn4)cc3)cc(-c3cc(-c4ccc(-c5ccccn5)cc4)cc(-c4ccc(-c5ccccn5)cc4)c3)c2)ccc1-c1ccccn1. The topological polar surface area (TPSA) is 51.6 Å². The average molecular weight is 781 g/mol. The third-order valence-corrected chi connectivity index (χ3v) is 11.2. The van der Waals surface area contributed by atoms with E-state index in [-0.39, 0.29) is 0 Å². The minimum atomic E-state index is 0.956. The summed E-state index contributed by atoms with van der Waals surface area (Å²) >= 11 is 0. The van der Waals surface area contributed by atoms with Crippen LogP contribution in [0.15, 0.2) is 225 Å². The number of hydrogen-bond acceptors (Lipinski definition) is 4. The summed E-state index contributed by atoms with van der Waals surface area (Å²) in [5.74, 6) is 0. The number of benzene rings is 6. The molecule has 0 radical (unpaired) electrons. The van der Waals surface area contributed by atoms with E-state index in [1.807, 2.05) is 91.5 Å². The maximum Gasteiger partial charge on any atom is 0.0704 e. The molecule has 0 spiro atoms.